The quantitative estimate of drug-likeness (QED) is 0.663. The van der Waals surface area contributed by atoms with Gasteiger partial charge >= 0.3 is 0 Å². The molecule has 1 aromatic heterocycles. The molecule has 76 valence electrons. The number of anilines is 1. The molecule has 14 heavy (non-hydrogen) atoms. The van der Waals surface area contributed by atoms with Crippen molar-refractivity contribution in [3.8, 4) is 0 Å². The van der Waals surface area contributed by atoms with Gasteiger partial charge in [0.15, 0.2) is 0 Å². The van der Waals surface area contributed by atoms with Crippen LogP contribution < -0.4 is 4.90 Å². The Labute approximate surface area is 85.4 Å². The third kappa shape index (κ3) is 2.04. The van der Waals surface area contributed by atoms with E-state index >= 15 is 0 Å². The summed E-state index contributed by atoms with van der Waals surface area (Å²) < 4.78 is 0. The predicted octanol–water partition coefficient (Wildman–Crippen LogP) is 1.14. The molecule has 1 aliphatic rings. The van der Waals surface area contributed by atoms with Crippen LogP contribution in [0.3, 0.4) is 0 Å². The van der Waals surface area contributed by atoms with Crippen LogP contribution >= 0.6 is 0 Å². The van der Waals surface area contributed by atoms with Crippen molar-refractivity contribution >= 4 is 5.82 Å². The molecule has 0 bridgehead atoms. The summed E-state index contributed by atoms with van der Waals surface area (Å²) in [6.45, 7) is 6.49. The number of hydrogen-bond donors (Lipinski definition) is 0. The average Bonchev–Trinajstić information content (AvgIpc) is 2.19. The number of nitrogens with zero attached hydrogens (tertiary/aromatic N) is 3. The Morgan fingerprint density at radius 1 is 1.14 bits per heavy atom. The lowest BCUT2D eigenvalue weighted by Gasteiger charge is -2.33. The fourth-order valence-corrected chi connectivity index (χ4v) is 1.74. The number of aryl methyl sites for hydroxylation is 1. The van der Waals surface area contributed by atoms with Gasteiger partial charge in [-0.15, -0.1) is 0 Å². The molecule has 0 amide bonds. The Hall–Kier alpha value is -1.09. The van der Waals surface area contributed by atoms with Gasteiger partial charge in [-0.2, -0.15) is 0 Å². The van der Waals surface area contributed by atoms with Crippen LogP contribution in [0, 0.1) is 6.92 Å². The van der Waals surface area contributed by atoms with Crippen LogP contribution in [-0.4, -0.2) is 43.1 Å². The third-order valence-corrected chi connectivity index (χ3v) is 2.70. The Kier molecular flexibility index (Phi) is 2.68. The predicted molar refractivity (Wildman–Crippen MR) is 58.7 cm³/mol. The highest BCUT2D eigenvalue weighted by atomic mass is 15.3. The van der Waals surface area contributed by atoms with E-state index in [1.165, 1.54) is 0 Å². The van der Waals surface area contributed by atoms with E-state index in [1.54, 1.807) is 0 Å². The van der Waals surface area contributed by atoms with Crippen LogP contribution in [0.25, 0.3) is 0 Å². The minimum absolute atomic E-state index is 1.09. The number of aromatic nitrogens is 1. The molecule has 1 aliphatic heterocycles. The maximum Gasteiger partial charge on any atom is 0.128 e. The van der Waals surface area contributed by atoms with Crippen molar-refractivity contribution in [1.82, 2.24) is 9.88 Å². The maximum absolute atomic E-state index is 4.53. The van der Waals surface area contributed by atoms with Crippen LogP contribution in [0.15, 0.2) is 18.2 Å². The number of likely N-dealkylation sites (N-methyl/N-ethyl adjacent to an activating group) is 1. The molecule has 0 spiro atoms. The first-order valence-electron chi connectivity index (χ1n) is 5.13. The fraction of sp³-hybridized carbons (Fsp3) is 0.545. The average molecular weight is 191 g/mol. The van der Waals surface area contributed by atoms with Crippen LogP contribution in [-0.2, 0) is 0 Å². The lowest BCUT2D eigenvalue weighted by Crippen LogP contribution is -2.44. The molecule has 0 atom stereocenters. The Balaban J connectivity index is 2.08. The Morgan fingerprint density at radius 3 is 2.50 bits per heavy atom. The van der Waals surface area contributed by atoms with Crippen molar-refractivity contribution in [1.29, 1.82) is 0 Å². The van der Waals surface area contributed by atoms with E-state index in [4.69, 9.17) is 0 Å². The molecule has 1 fully saturated rings. The van der Waals surface area contributed by atoms with Crippen LogP contribution in [0.2, 0.25) is 0 Å². The molecule has 0 unspecified atom stereocenters. The largest absolute Gasteiger partial charge is 0.354 e. The Bertz CT molecular complexity index is 303. The first kappa shape index (κ1) is 9.46. The summed E-state index contributed by atoms with van der Waals surface area (Å²) >= 11 is 0. The highest BCUT2D eigenvalue weighted by Gasteiger charge is 2.14. The number of piperazine rings is 1. The van der Waals surface area contributed by atoms with Gasteiger partial charge in [-0.25, -0.2) is 4.98 Å². The van der Waals surface area contributed by atoms with Crippen molar-refractivity contribution < 1.29 is 0 Å². The van der Waals surface area contributed by atoms with E-state index in [9.17, 15) is 0 Å². The summed E-state index contributed by atoms with van der Waals surface area (Å²) in [6, 6.07) is 6.22. The molecule has 2 heterocycles. The van der Waals surface area contributed by atoms with E-state index in [0.29, 0.717) is 0 Å². The zero-order valence-corrected chi connectivity index (χ0v) is 8.90. The zero-order chi connectivity index (χ0) is 9.97. The minimum atomic E-state index is 1.09. The Morgan fingerprint density at radius 2 is 1.86 bits per heavy atom. The summed E-state index contributed by atoms with van der Waals surface area (Å²) in [5.41, 5.74) is 1.10. The van der Waals surface area contributed by atoms with Crippen LogP contribution in [0.1, 0.15) is 5.69 Å². The third-order valence-electron chi connectivity index (χ3n) is 2.70. The van der Waals surface area contributed by atoms with Gasteiger partial charge in [-0.05, 0) is 26.1 Å². The molecule has 3 nitrogen and oxygen atoms in total. The van der Waals surface area contributed by atoms with Gasteiger partial charge in [0.1, 0.15) is 5.82 Å². The lowest BCUT2D eigenvalue weighted by molar-refractivity contribution is 0.312. The van der Waals surface area contributed by atoms with Crippen molar-refractivity contribution in [2.45, 2.75) is 6.92 Å². The first-order chi connectivity index (χ1) is 6.75. The standard InChI is InChI=1S/C11H17N3/c1-10-4-3-5-11(12-10)14-8-6-13(2)7-9-14/h3-5H,6-9H2,1-2H3. The highest BCUT2D eigenvalue weighted by molar-refractivity contribution is 5.39. The molecule has 1 aromatic rings. The summed E-state index contributed by atoms with van der Waals surface area (Å²) in [4.78, 5) is 9.24. The first-order valence-corrected chi connectivity index (χ1v) is 5.13. The van der Waals surface area contributed by atoms with Gasteiger partial charge < -0.3 is 9.80 Å². The number of rotatable bonds is 1. The van der Waals surface area contributed by atoms with E-state index in [0.717, 1.165) is 37.7 Å². The number of hydrogen-bond acceptors (Lipinski definition) is 3. The second kappa shape index (κ2) is 3.96. The van der Waals surface area contributed by atoms with Crippen molar-refractivity contribution in [3.05, 3.63) is 23.9 Å². The molecule has 1 saturated heterocycles. The smallest absolute Gasteiger partial charge is 0.128 e. The molecule has 2 rings (SSSR count). The molecule has 0 N–H and O–H groups in total. The maximum atomic E-state index is 4.53. The molecule has 0 radical (unpaired) electrons. The fourth-order valence-electron chi connectivity index (χ4n) is 1.74. The zero-order valence-electron chi connectivity index (χ0n) is 8.90. The molecule has 0 aliphatic carbocycles. The van der Waals surface area contributed by atoms with Gasteiger partial charge in [0, 0.05) is 31.9 Å². The van der Waals surface area contributed by atoms with Crippen LogP contribution in [0.5, 0.6) is 0 Å². The molecule has 0 aromatic carbocycles. The van der Waals surface area contributed by atoms with Crippen LogP contribution in [0.4, 0.5) is 5.82 Å². The minimum Gasteiger partial charge on any atom is -0.354 e. The topological polar surface area (TPSA) is 19.4 Å². The van der Waals surface area contributed by atoms with E-state index in [2.05, 4.69) is 34.0 Å². The van der Waals surface area contributed by atoms with Crippen molar-refractivity contribution in [2.24, 2.45) is 0 Å². The second-order valence-corrected chi connectivity index (χ2v) is 3.93. The molecule has 0 saturated carbocycles. The molecule has 3 heteroatoms. The monoisotopic (exact) mass is 191 g/mol. The number of pyridine rings is 1. The van der Waals surface area contributed by atoms with Crippen molar-refractivity contribution in [2.75, 3.05) is 38.1 Å². The van der Waals surface area contributed by atoms with Gasteiger partial charge in [0.2, 0.25) is 0 Å². The summed E-state index contributed by atoms with van der Waals surface area (Å²) in [5.74, 6) is 1.12. The van der Waals surface area contributed by atoms with E-state index < -0.39 is 0 Å². The van der Waals surface area contributed by atoms with E-state index in [1.807, 2.05) is 13.0 Å². The normalized spacial score (nSPS) is 18.6. The highest BCUT2D eigenvalue weighted by Crippen LogP contribution is 2.12. The van der Waals surface area contributed by atoms with Gasteiger partial charge in [-0.3, -0.25) is 0 Å². The molecular weight excluding hydrogens is 174 g/mol. The van der Waals surface area contributed by atoms with Gasteiger partial charge in [-0.1, -0.05) is 6.07 Å². The van der Waals surface area contributed by atoms with E-state index in [-0.39, 0.29) is 0 Å². The summed E-state index contributed by atoms with van der Waals surface area (Å²) in [5, 5.41) is 0. The lowest BCUT2D eigenvalue weighted by atomic mass is 10.3. The van der Waals surface area contributed by atoms with Gasteiger partial charge in [0.05, 0.1) is 0 Å². The SMILES string of the molecule is Cc1cccc(N2CCN(C)CC2)n1. The van der Waals surface area contributed by atoms with Gasteiger partial charge in [0.25, 0.3) is 0 Å². The summed E-state index contributed by atoms with van der Waals surface area (Å²) in [6.07, 6.45) is 0. The van der Waals surface area contributed by atoms with Crippen molar-refractivity contribution in [3.63, 3.8) is 0 Å². The molecular formula is C11H17N3. The summed E-state index contributed by atoms with van der Waals surface area (Å²) in [7, 11) is 2.17. The second-order valence-electron chi connectivity index (χ2n) is 3.93.